The molecule has 2 heterocycles. The normalized spacial score (nSPS) is 10.7. The minimum Gasteiger partial charge on any atom is -0.245 e. The first-order valence-corrected chi connectivity index (χ1v) is 7.68. The van der Waals surface area contributed by atoms with Crippen LogP contribution in [0.15, 0.2) is 78.0 Å². The molecule has 4 aromatic rings. The average molecular weight is 313 g/mol. The molecule has 0 bridgehead atoms. The average Bonchev–Trinajstić information content (AvgIpc) is 3.00. The Morgan fingerprint density at radius 1 is 0.917 bits per heavy atom. The van der Waals surface area contributed by atoms with Gasteiger partial charge in [0.2, 0.25) is 0 Å². The van der Waals surface area contributed by atoms with Crippen molar-refractivity contribution in [3.63, 3.8) is 0 Å². The van der Waals surface area contributed by atoms with E-state index >= 15 is 0 Å². The van der Waals surface area contributed by atoms with Crippen molar-refractivity contribution in [3.8, 4) is 0 Å². The van der Waals surface area contributed by atoms with Crippen LogP contribution in [0.25, 0.3) is 5.78 Å². The van der Waals surface area contributed by atoms with Crippen molar-refractivity contribution in [2.24, 2.45) is 4.99 Å². The number of rotatable bonds is 3. The summed E-state index contributed by atoms with van der Waals surface area (Å²) in [5.74, 6) is 1.27. The first kappa shape index (κ1) is 14.3. The van der Waals surface area contributed by atoms with Crippen LogP contribution in [0.3, 0.4) is 0 Å². The lowest BCUT2D eigenvalue weighted by molar-refractivity contribution is 0.916. The third-order valence-electron chi connectivity index (χ3n) is 3.62. The van der Waals surface area contributed by atoms with Gasteiger partial charge in [0.25, 0.3) is 5.78 Å². The molecule has 2 aromatic heterocycles. The van der Waals surface area contributed by atoms with Crippen LogP contribution in [-0.2, 0) is 0 Å². The van der Waals surface area contributed by atoms with Gasteiger partial charge in [0.05, 0.1) is 18.1 Å². The summed E-state index contributed by atoms with van der Waals surface area (Å²) >= 11 is 0. The molecule has 0 fully saturated rings. The Bertz CT molecular complexity index is 962. The van der Waals surface area contributed by atoms with Gasteiger partial charge in [-0.1, -0.05) is 60.7 Å². The Labute approximate surface area is 139 Å². The topological polar surface area (TPSA) is 55.4 Å². The number of aliphatic imine (C=N–C) groups is 1. The standard InChI is InChI=1S/C19H15N5/c1-14-21-19-20-12-17(13-24(19)23-14)22-18(15-8-4-2-5-9-15)16-10-6-3-7-11-16/h2-13H,1H3. The van der Waals surface area contributed by atoms with Crippen LogP contribution < -0.4 is 0 Å². The number of nitrogens with zero attached hydrogens (tertiary/aromatic N) is 5. The molecule has 24 heavy (non-hydrogen) atoms. The van der Waals surface area contributed by atoms with Gasteiger partial charge in [-0.2, -0.15) is 10.1 Å². The Hall–Kier alpha value is -3.34. The summed E-state index contributed by atoms with van der Waals surface area (Å²) in [6.45, 7) is 1.84. The second kappa shape index (κ2) is 6.04. The number of benzene rings is 2. The lowest BCUT2D eigenvalue weighted by atomic mass is 10.0. The molecule has 2 aromatic carbocycles. The van der Waals surface area contributed by atoms with E-state index in [0.717, 1.165) is 22.5 Å². The minimum absolute atomic E-state index is 0.576. The minimum atomic E-state index is 0.576. The van der Waals surface area contributed by atoms with Crippen LogP contribution in [0.4, 0.5) is 5.69 Å². The van der Waals surface area contributed by atoms with E-state index in [2.05, 4.69) is 39.3 Å². The molecule has 0 aliphatic heterocycles. The molecule has 0 saturated heterocycles. The first-order valence-electron chi connectivity index (χ1n) is 7.68. The molecule has 116 valence electrons. The smallest absolute Gasteiger partial charge is 0.245 e. The molecule has 0 unspecified atom stereocenters. The molecule has 0 amide bonds. The van der Waals surface area contributed by atoms with Gasteiger partial charge in [-0.25, -0.2) is 14.5 Å². The van der Waals surface area contributed by atoms with Gasteiger partial charge in [0, 0.05) is 11.1 Å². The SMILES string of the molecule is Cc1nc2ncc(N=C(c3ccccc3)c3ccccc3)cn2n1. The molecule has 5 heteroatoms. The fourth-order valence-electron chi connectivity index (χ4n) is 2.55. The van der Waals surface area contributed by atoms with Crippen LogP contribution in [0.1, 0.15) is 17.0 Å². The maximum absolute atomic E-state index is 4.82. The van der Waals surface area contributed by atoms with Crippen LogP contribution in [-0.4, -0.2) is 25.3 Å². The summed E-state index contributed by atoms with van der Waals surface area (Å²) in [4.78, 5) is 13.4. The second-order valence-corrected chi connectivity index (χ2v) is 5.41. The van der Waals surface area contributed by atoms with Gasteiger partial charge in [0.1, 0.15) is 11.5 Å². The quantitative estimate of drug-likeness (QED) is 0.543. The highest BCUT2D eigenvalue weighted by Gasteiger charge is 2.08. The molecule has 0 spiro atoms. The van der Waals surface area contributed by atoms with Crippen molar-refractivity contribution in [1.29, 1.82) is 0 Å². The molecular formula is C19H15N5. The van der Waals surface area contributed by atoms with Crippen LogP contribution >= 0.6 is 0 Å². The van der Waals surface area contributed by atoms with E-state index < -0.39 is 0 Å². The maximum atomic E-state index is 4.82. The van der Waals surface area contributed by atoms with E-state index in [1.807, 2.05) is 49.5 Å². The fraction of sp³-hybridized carbons (Fsp3) is 0.0526. The molecule has 0 aliphatic rings. The van der Waals surface area contributed by atoms with Crippen molar-refractivity contribution >= 4 is 17.2 Å². The van der Waals surface area contributed by atoms with E-state index in [1.165, 1.54) is 0 Å². The third kappa shape index (κ3) is 2.79. The highest BCUT2D eigenvalue weighted by molar-refractivity contribution is 6.13. The van der Waals surface area contributed by atoms with Gasteiger partial charge in [-0.05, 0) is 6.92 Å². The van der Waals surface area contributed by atoms with Crippen molar-refractivity contribution in [2.75, 3.05) is 0 Å². The Morgan fingerprint density at radius 2 is 1.54 bits per heavy atom. The number of hydrogen-bond acceptors (Lipinski definition) is 4. The predicted octanol–water partition coefficient (Wildman–Crippen LogP) is 3.60. The zero-order chi connectivity index (χ0) is 16.4. The van der Waals surface area contributed by atoms with Crippen molar-refractivity contribution in [1.82, 2.24) is 19.6 Å². The fourth-order valence-corrected chi connectivity index (χ4v) is 2.55. The van der Waals surface area contributed by atoms with E-state index in [-0.39, 0.29) is 0 Å². The molecular weight excluding hydrogens is 298 g/mol. The summed E-state index contributed by atoms with van der Waals surface area (Å²) in [6, 6.07) is 20.2. The summed E-state index contributed by atoms with van der Waals surface area (Å²) in [5, 5.41) is 4.30. The number of hydrogen-bond donors (Lipinski definition) is 0. The summed E-state index contributed by atoms with van der Waals surface area (Å²) in [5.41, 5.74) is 3.74. The van der Waals surface area contributed by atoms with Crippen molar-refractivity contribution in [3.05, 3.63) is 90.0 Å². The molecule has 0 N–H and O–H groups in total. The zero-order valence-corrected chi connectivity index (χ0v) is 13.2. The molecule has 0 radical (unpaired) electrons. The Balaban J connectivity index is 1.86. The molecule has 0 atom stereocenters. The lowest BCUT2D eigenvalue weighted by Gasteiger charge is -2.07. The Morgan fingerprint density at radius 3 is 2.17 bits per heavy atom. The maximum Gasteiger partial charge on any atom is 0.252 e. The summed E-state index contributed by atoms with van der Waals surface area (Å²) in [6.07, 6.45) is 3.56. The van der Waals surface area contributed by atoms with Gasteiger partial charge in [0.15, 0.2) is 0 Å². The van der Waals surface area contributed by atoms with E-state index in [1.54, 1.807) is 10.7 Å². The van der Waals surface area contributed by atoms with Crippen LogP contribution in [0, 0.1) is 6.92 Å². The van der Waals surface area contributed by atoms with Crippen molar-refractivity contribution in [2.45, 2.75) is 6.92 Å². The largest absolute Gasteiger partial charge is 0.252 e. The highest BCUT2D eigenvalue weighted by atomic mass is 15.3. The van der Waals surface area contributed by atoms with E-state index in [4.69, 9.17) is 4.99 Å². The molecule has 5 nitrogen and oxygen atoms in total. The summed E-state index contributed by atoms with van der Waals surface area (Å²) < 4.78 is 1.65. The molecule has 4 rings (SSSR count). The lowest BCUT2D eigenvalue weighted by Crippen LogP contribution is -2.03. The van der Waals surface area contributed by atoms with Gasteiger partial charge >= 0.3 is 0 Å². The summed E-state index contributed by atoms with van der Waals surface area (Å²) in [7, 11) is 0. The predicted molar refractivity (Wildman–Crippen MR) is 93.7 cm³/mol. The second-order valence-electron chi connectivity index (χ2n) is 5.41. The van der Waals surface area contributed by atoms with Crippen molar-refractivity contribution < 1.29 is 0 Å². The van der Waals surface area contributed by atoms with E-state index in [9.17, 15) is 0 Å². The third-order valence-corrected chi connectivity index (χ3v) is 3.62. The Kier molecular flexibility index (Phi) is 3.59. The van der Waals surface area contributed by atoms with E-state index in [0.29, 0.717) is 11.6 Å². The first-order chi connectivity index (χ1) is 11.8. The number of aromatic nitrogens is 4. The molecule has 0 saturated carbocycles. The van der Waals surface area contributed by atoms with Gasteiger partial charge in [-0.3, -0.25) is 0 Å². The van der Waals surface area contributed by atoms with Gasteiger partial charge in [-0.15, -0.1) is 0 Å². The highest BCUT2D eigenvalue weighted by Crippen LogP contribution is 2.17. The van der Waals surface area contributed by atoms with Gasteiger partial charge < -0.3 is 0 Å². The number of aryl methyl sites for hydroxylation is 1. The molecule has 0 aliphatic carbocycles. The zero-order valence-electron chi connectivity index (χ0n) is 13.2. The number of fused-ring (bicyclic) bond motifs is 1. The monoisotopic (exact) mass is 313 g/mol. The van der Waals surface area contributed by atoms with Crippen LogP contribution in [0.2, 0.25) is 0 Å². The van der Waals surface area contributed by atoms with Crippen LogP contribution in [0.5, 0.6) is 0 Å².